The van der Waals surface area contributed by atoms with Gasteiger partial charge in [-0.25, -0.2) is 8.42 Å². The molecule has 2 aromatic carbocycles. The summed E-state index contributed by atoms with van der Waals surface area (Å²) in [7, 11) is -2.45. The maximum atomic E-state index is 13.1. The molecule has 0 saturated heterocycles. The van der Waals surface area contributed by atoms with Crippen molar-refractivity contribution >= 4 is 21.4 Å². The Balaban J connectivity index is 1.42. The van der Waals surface area contributed by atoms with Crippen molar-refractivity contribution in [3.8, 4) is 17.1 Å². The van der Waals surface area contributed by atoms with E-state index in [-0.39, 0.29) is 21.9 Å². The molecule has 3 aromatic rings. The number of aromatic nitrogens is 1. The van der Waals surface area contributed by atoms with Crippen molar-refractivity contribution in [1.82, 2.24) is 5.16 Å². The molecule has 0 bridgehead atoms. The summed E-state index contributed by atoms with van der Waals surface area (Å²) in [6, 6.07) is 13.0. The second-order valence-electron chi connectivity index (χ2n) is 8.56. The van der Waals surface area contributed by atoms with E-state index in [9.17, 15) is 8.42 Å². The molecule has 32 heavy (non-hydrogen) atoms. The smallest absolute Gasteiger partial charge is 0.266 e. The van der Waals surface area contributed by atoms with Crippen LogP contribution in [0.2, 0.25) is 0 Å². The summed E-state index contributed by atoms with van der Waals surface area (Å²) in [5.74, 6) is 1.16. The average Bonchev–Trinajstić information content (AvgIpc) is 3.19. The highest BCUT2D eigenvalue weighted by Gasteiger charge is 2.50. The maximum absolute atomic E-state index is 13.1. The van der Waals surface area contributed by atoms with Gasteiger partial charge in [-0.15, -0.1) is 0 Å². The lowest BCUT2D eigenvalue weighted by Crippen LogP contribution is -2.20. The minimum atomic E-state index is -3.90. The first-order valence-corrected chi connectivity index (χ1v) is 12.1. The number of nitrogens with one attached hydrogen (secondary N) is 1. The minimum Gasteiger partial charge on any atom is -0.495 e. The van der Waals surface area contributed by atoms with E-state index in [4.69, 9.17) is 14.0 Å². The molecule has 1 spiro atoms. The van der Waals surface area contributed by atoms with E-state index in [0.29, 0.717) is 25.4 Å². The van der Waals surface area contributed by atoms with Gasteiger partial charge in [0.05, 0.1) is 20.3 Å². The summed E-state index contributed by atoms with van der Waals surface area (Å²) in [6.07, 6.45) is 4.92. The fourth-order valence-electron chi connectivity index (χ4n) is 4.80. The van der Waals surface area contributed by atoms with Gasteiger partial charge in [0.2, 0.25) is 0 Å². The molecule has 1 aliphatic heterocycles. The van der Waals surface area contributed by atoms with Gasteiger partial charge in [0.15, 0.2) is 11.6 Å². The second kappa shape index (κ2) is 6.95. The Labute approximate surface area is 186 Å². The number of benzene rings is 2. The highest BCUT2D eigenvalue weighted by atomic mass is 32.2. The molecule has 1 saturated carbocycles. The summed E-state index contributed by atoms with van der Waals surface area (Å²) in [6.45, 7) is 1.22. The number of methoxy groups -OCH3 is 1. The van der Waals surface area contributed by atoms with Crippen LogP contribution < -0.4 is 9.46 Å². The third-order valence-corrected chi connectivity index (χ3v) is 8.04. The Hall–Kier alpha value is -3.10. The number of ether oxygens (including phenoxy) is 2. The van der Waals surface area contributed by atoms with Crippen molar-refractivity contribution in [3.63, 3.8) is 0 Å². The third-order valence-electron chi connectivity index (χ3n) is 6.66. The normalized spacial score (nSPS) is 18.1. The van der Waals surface area contributed by atoms with Gasteiger partial charge in [0.25, 0.3) is 10.0 Å². The van der Waals surface area contributed by atoms with E-state index in [1.807, 2.05) is 0 Å². The Kier molecular flexibility index (Phi) is 4.25. The number of para-hydroxylation sites is 1. The molecule has 8 heteroatoms. The van der Waals surface area contributed by atoms with Gasteiger partial charge >= 0.3 is 0 Å². The largest absolute Gasteiger partial charge is 0.495 e. The number of hydrogen-bond acceptors (Lipinski definition) is 6. The Morgan fingerprint density at radius 2 is 2.00 bits per heavy atom. The SMILES string of the molecule is COc1ccccc1S(=O)(=O)Nc1noc2c1CC1(CC1)c1ccc(C3=CCOC3)cc1-2. The van der Waals surface area contributed by atoms with Gasteiger partial charge in [0, 0.05) is 16.5 Å². The molecular formula is C24H22N2O5S. The lowest BCUT2D eigenvalue weighted by Gasteiger charge is -2.25. The highest BCUT2D eigenvalue weighted by Crippen LogP contribution is 2.58. The van der Waals surface area contributed by atoms with Crippen LogP contribution in [0.15, 0.2) is 58.0 Å². The third kappa shape index (κ3) is 2.97. The van der Waals surface area contributed by atoms with Crippen LogP contribution in [0, 0.1) is 0 Å². The fraction of sp³-hybridized carbons (Fsp3) is 0.292. The zero-order chi connectivity index (χ0) is 21.9. The van der Waals surface area contributed by atoms with E-state index < -0.39 is 10.0 Å². The molecule has 6 rings (SSSR count). The standard InChI is InChI=1S/C24H22N2O5S/c1-29-20-4-2-3-5-21(20)32(27,28)26-23-18-13-24(9-10-24)19-7-6-15(16-8-11-30-14-16)12-17(19)22(18)31-25-23/h2-8,12H,9-11,13-14H2,1H3,(H,25,26). The highest BCUT2D eigenvalue weighted by molar-refractivity contribution is 7.92. The molecule has 0 radical (unpaired) electrons. The topological polar surface area (TPSA) is 90.7 Å². The monoisotopic (exact) mass is 450 g/mol. The van der Waals surface area contributed by atoms with Crippen LogP contribution in [-0.2, 0) is 26.6 Å². The van der Waals surface area contributed by atoms with E-state index in [1.54, 1.807) is 18.2 Å². The van der Waals surface area contributed by atoms with Gasteiger partial charge in [-0.3, -0.25) is 4.72 Å². The van der Waals surface area contributed by atoms with E-state index in [2.05, 4.69) is 34.2 Å². The molecule has 3 aliphatic rings. The molecule has 1 N–H and O–H groups in total. The molecule has 7 nitrogen and oxygen atoms in total. The van der Waals surface area contributed by atoms with Gasteiger partial charge < -0.3 is 14.0 Å². The van der Waals surface area contributed by atoms with Crippen molar-refractivity contribution in [2.45, 2.75) is 29.6 Å². The first-order valence-electron chi connectivity index (χ1n) is 10.6. The average molecular weight is 451 g/mol. The first kappa shape index (κ1) is 19.6. The maximum Gasteiger partial charge on any atom is 0.266 e. The van der Waals surface area contributed by atoms with Crippen molar-refractivity contribution in [2.75, 3.05) is 25.0 Å². The second-order valence-corrected chi connectivity index (χ2v) is 10.2. The number of hydrogen-bond donors (Lipinski definition) is 1. The molecule has 0 atom stereocenters. The van der Waals surface area contributed by atoms with Crippen LogP contribution in [0.5, 0.6) is 5.75 Å². The van der Waals surface area contributed by atoms with Crippen molar-refractivity contribution in [3.05, 3.63) is 65.2 Å². The van der Waals surface area contributed by atoms with Crippen LogP contribution in [-0.4, -0.2) is 33.9 Å². The summed E-state index contributed by atoms with van der Waals surface area (Å²) in [5.41, 5.74) is 5.33. The quantitative estimate of drug-likeness (QED) is 0.628. The van der Waals surface area contributed by atoms with Crippen molar-refractivity contribution < 1.29 is 22.4 Å². The molecule has 2 aliphatic carbocycles. The molecule has 0 amide bonds. The predicted octanol–water partition coefficient (Wildman–Crippen LogP) is 4.15. The predicted molar refractivity (Wildman–Crippen MR) is 119 cm³/mol. The van der Waals surface area contributed by atoms with Crippen molar-refractivity contribution in [1.29, 1.82) is 0 Å². The van der Waals surface area contributed by atoms with Gasteiger partial charge in [0.1, 0.15) is 10.6 Å². The fourth-order valence-corrected chi connectivity index (χ4v) is 6.00. The Morgan fingerprint density at radius 3 is 2.75 bits per heavy atom. The van der Waals surface area contributed by atoms with E-state index >= 15 is 0 Å². The van der Waals surface area contributed by atoms with E-state index in [0.717, 1.165) is 35.1 Å². The minimum absolute atomic E-state index is 0.0254. The Bertz CT molecular complexity index is 1370. The van der Waals surface area contributed by atoms with Crippen LogP contribution >= 0.6 is 0 Å². The number of anilines is 1. The molecular weight excluding hydrogens is 428 g/mol. The Morgan fingerprint density at radius 1 is 1.16 bits per heavy atom. The van der Waals surface area contributed by atoms with Gasteiger partial charge in [-0.2, -0.15) is 0 Å². The molecule has 1 fully saturated rings. The van der Waals surface area contributed by atoms with Crippen LogP contribution in [0.1, 0.15) is 29.5 Å². The summed E-state index contributed by atoms with van der Waals surface area (Å²) in [4.78, 5) is 0.0621. The van der Waals surface area contributed by atoms with Crippen LogP contribution in [0.25, 0.3) is 16.9 Å². The van der Waals surface area contributed by atoms with Crippen molar-refractivity contribution in [2.24, 2.45) is 0 Å². The number of rotatable bonds is 5. The van der Waals surface area contributed by atoms with Gasteiger partial charge in [-0.05, 0) is 54.2 Å². The molecule has 2 heterocycles. The van der Waals surface area contributed by atoms with E-state index in [1.165, 1.54) is 18.7 Å². The first-order chi connectivity index (χ1) is 15.5. The summed E-state index contributed by atoms with van der Waals surface area (Å²) >= 11 is 0. The zero-order valence-electron chi connectivity index (χ0n) is 17.6. The molecule has 0 unspecified atom stereocenters. The number of nitrogens with zero attached hydrogens (tertiary/aromatic N) is 1. The molecule has 164 valence electrons. The zero-order valence-corrected chi connectivity index (χ0v) is 18.4. The number of fused-ring (bicyclic) bond motifs is 4. The summed E-state index contributed by atoms with van der Waals surface area (Å²) < 4.78 is 45.3. The van der Waals surface area contributed by atoms with Gasteiger partial charge in [-0.1, -0.05) is 35.5 Å². The van der Waals surface area contributed by atoms with Crippen LogP contribution in [0.4, 0.5) is 5.82 Å². The lowest BCUT2D eigenvalue weighted by molar-refractivity contribution is 0.216. The summed E-state index contributed by atoms with van der Waals surface area (Å²) in [5, 5.41) is 4.14. The molecule has 1 aromatic heterocycles. The number of sulfonamides is 1. The lowest BCUT2D eigenvalue weighted by atomic mass is 9.78. The van der Waals surface area contributed by atoms with Crippen LogP contribution in [0.3, 0.4) is 0 Å².